The molecule has 0 bridgehead atoms. The van der Waals surface area contributed by atoms with E-state index in [1.54, 1.807) is 19.9 Å². The van der Waals surface area contributed by atoms with Crippen LogP contribution in [0.5, 0.6) is 0 Å². The monoisotopic (exact) mass is 443 g/mol. The molecule has 32 heavy (non-hydrogen) atoms. The van der Waals surface area contributed by atoms with Crippen LogP contribution in [-0.4, -0.2) is 17.4 Å². The molecule has 0 atom stereocenters. The summed E-state index contributed by atoms with van der Waals surface area (Å²) >= 11 is 0. The lowest BCUT2D eigenvalue weighted by molar-refractivity contribution is -0.137. The highest BCUT2D eigenvalue weighted by molar-refractivity contribution is 5.97. The maximum Gasteiger partial charge on any atom is 0.419 e. The van der Waals surface area contributed by atoms with Crippen LogP contribution in [0.1, 0.15) is 38.3 Å². The van der Waals surface area contributed by atoms with Gasteiger partial charge in [-0.3, -0.25) is 9.59 Å². The van der Waals surface area contributed by atoms with Crippen LogP contribution in [0.15, 0.2) is 59.4 Å². The number of aromatic nitrogens is 1. The summed E-state index contributed by atoms with van der Waals surface area (Å²) in [6, 6.07) is 15.0. The number of aromatic amines is 1. The number of pyridine rings is 1. The molecule has 3 aromatic rings. The fraction of sp³-hybridized carbons (Fsp3) is 0.250. The Morgan fingerprint density at radius 1 is 1.03 bits per heavy atom. The number of halogens is 3. The molecular formula is C24H24F3N3O2. The van der Waals surface area contributed by atoms with Crippen LogP contribution in [0.4, 0.5) is 18.9 Å². The number of amides is 1. The predicted molar refractivity (Wildman–Crippen MR) is 118 cm³/mol. The van der Waals surface area contributed by atoms with E-state index in [4.69, 9.17) is 0 Å². The molecule has 0 fully saturated rings. The molecular weight excluding hydrogens is 419 g/mol. The fourth-order valence-corrected chi connectivity index (χ4v) is 3.55. The van der Waals surface area contributed by atoms with Crippen molar-refractivity contribution in [3.63, 3.8) is 0 Å². The highest BCUT2D eigenvalue weighted by Crippen LogP contribution is 2.37. The van der Waals surface area contributed by atoms with Crippen molar-refractivity contribution >= 4 is 11.6 Å². The topological polar surface area (TPSA) is 74.0 Å². The maximum absolute atomic E-state index is 13.9. The van der Waals surface area contributed by atoms with Gasteiger partial charge in [0, 0.05) is 30.0 Å². The molecule has 0 aliphatic carbocycles. The van der Waals surface area contributed by atoms with Gasteiger partial charge >= 0.3 is 6.18 Å². The zero-order valence-corrected chi connectivity index (χ0v) is 17.8. The maximum atomic E-state index is 13.9. The summed E-state index contributed by atoms with van der Waals surface area (Å²) in [5, 5.41) is 5.26. The van der Waals surface area contributed by atoms with Crippen LogP contribution in [-0.2, 0) is 19.1 Å². The molecule has 168 valence electrons. The average Bonchev–Trinajstić information content (AvgIpc) is 2.72. The third-order valence-corrected chi connectivity index (χ3v) is 5.08. The second-order valence-electron chi connectivity index (χ2n) is 7.51. The van der Waals surface area contributed by atoms with Crippen LogP contribution in [0, 0.1) is 13.8 Å². The Balaban J connectivity index is 1.80. The first kappa shape index (κ1) is 23.1. The number of nitrogens with one attached hydrogen (secondary N) is 3. The average molecular weight is 443 g/mol. The molecule has 1 aromatic heterocycles. The van der Waals surface area contributed by atoms with Crippen LogP contribution in [0.3, 0.4) is 0 Å². The molecule has 0 spiro atoms. The Hall–Kier alpha value is -3.55. The first-order valence-corrected chi connectivity index (χ1v) is 10.1. The Kier molecular flexibility index (Phi) is 7.02. The van der Waals surface area contributed by atoms with Gasteiger partial charge in [-0.15, -0.1) is 0 Å². The normalized spacial score (nSPS) is 11.3. The number of alkyl halides is 3. The van der Waals surface area contributed by atoms with E-state index >= 15 is 0 Å². The number of carbonyl (C=O) groups excluding carboxylic acids is 1. The summed E-state index contributed by atoms with van der Waals surface area (Å²) in [7, 11) is 0. The fourth-order valence-electron chi connectivity index (χ4n) is 3.55. The molecule has 0 unspecified atom stereocenters. The third kappa shape index (κ3) is 5.57. The van der Waals surface area contributed by atoms with Gasteiger partial charge in [0.05, 0.1) is 11.1 Å². The van der Waals surface area contributed by atoms with Gasteiger partial charge in [0.15, 0.2) is 0 Å². The molecule has 3 N–H and O–H groups in total. The Morgan fingerprint density at radius 3 is 2.41 bits per heavy atom. The summed E-state index contributed by atoms with van der Waals surface area (Å²) in [4.78, 5) is 27.4. The summed E-state index contributed by atoms with van der Waals surface area (Å²) in [5.41, 5.74) is 0.537. The molecule has 3 rings (SSSR count). The number of H-pyrrole nitrogens is 1. The zero-order valence-electron chi connectivity index (χ0n) is 17.8. The summed E-state index contributed by atoms with van der Waals surface area (Å²) in [5.74, 6) is -0.900. The van der Waals surface area contributed by atoms with E-state index in [-0.39, 0.29) is 24.3 Å². The van der Waals surface area contributed by atoms with Gasteiger partial charge in [0.2, 0.25) is 0 Å². The minimum atomic E-state index is -4.74. The van der Waals surface area contributed by atoms with Gasteiger partial charge in [-0.1, -0.05) is 36.4 Å². The van der Waals surface area contributed by atoms with E-state index in [1.165, 1.54) is 12.1 Å². The summed E-state index contributed by atoms with van der Waals surface area (Å²) < 4.78 is 41.6. The van der Waals surface area contributed by atoms with Gasteiger partial charge in [0.1, 0.15) is 0 Å². The number of anilines is 1. The van der Waals surface area contributed by atoms with Crippen molar-refractivity contribution in [2.45, 2.75) is 33.0 Å². The minimum absolute atomic E-state index is 0.162. The van der Waals surface area contributed by atoms with Gasteiger partial charge in [-0.25, -0.2) is 0 Å². The van der Waals surface area contributed by atoms with Gasteiger partial charge in [-0.2, -0.15) is 13.2 Å². The lowest BCUT2D eigenvalue weighted by Gasteiger charge is -2.18. The van der Waals surface area contributed by atoms with Crippen LogP contribution >= 0.6 is 0 Å². The molecule has 8 heteroatoms. The first-order valence-electron chi connectivity index (χ1n) is 10.1. The quantitative estimate of drug-likeness (QED) is 0.500. The van der Waals surface area contributed by atoms with Crippen molar-refractivity contribution < 1.29 is 18.0 Å². The highest BCUT2D eigenvalue weighted by Gasteiger charge is 2.38. The minimum Gasteiger partial charge on any atom is -0.384 e. The molecule has 0 aliphatic heterocycles. The molecule has 5 nitrogen and oxygen atoms in total. The van der Waals surface area contributed by atoms with Crippen molar-refractivity contribution in [2.24, 2.45) is 0 Å². The van der Waals surface area contributed by atoms with Crippen LogP contribution < -0.4 is 16.2 Å². The van der Waals surface area contributed by atoms with Gasteiger partial charge < -0.3 is 15.6 Å². The molecule has 1 heterocycles. The smallest absolute Gasteiger partial charge is 0.384 e. The first-order chi connectivity index (χ1) is 15.2. The summed E-state index contributed by atoms with van der Waals surface area (Å²) in [6.45, 7) is 3.53. The lowest BCUT2D eigenvalue weighted by Crippen LogP contribution is -2.30. The lowest BCUT2D eigenvalue weighted by atomic mass is 10.0. The summed E-state index contributed by atoms with van der Waals surface area (Å²) in [6.07, 6.45) is -4.20. The number of aryl methyl sites for hydroxylation is 2. The van der Waals surface area contributed by atoms with Gasteiger partial charge in [0.25, 0.3) is 11.5 Å². The third-order valence-electron chi connectivity index (χ3n) is 5.08. The van der Waals surface area contributed by atoms with Crippen molar-refractivity contribution in [1.29, 1.82) is 0 Å². The van der Waals surface area contributed by atoms with Crippen molar-refractivity contribution in [2.75, 3.05) is 11.9 Å². The predicted octanol–water partition coefficient (Wildman–Crippen LogP) is 4.60. The molecule has 0 aliphatic rings. The number of rotatable bonds is 7. The van der Waals surface area contributed by atoms with Crippen LogP contribution in [0.2, 0.25) is 0 Å². The van der Waals surface area contributed by atoms with Crippen molar-refractivity contribution in [1.82, 2.24) is 10.3 Å². The Morgan fingerprint density at radius 2 is 1.75 bits per heavy atom. The van der Waals surface area contributed by atoms with E-state index in [0.29, 0.717) is 23.2 Å². The molecule has 1 amide bonds. The molecule has 0 saturated heterocycles. The highest BCUT2D eigenvalue weighted by atomic mass is 19.4. The van der Waals surface area contributed by atoms with E-state index in [9.17, 15) is 22.8 Å². The Bertz CT molecular complexity index is 1160. The second-order valence-corrected chi connectivity index (χ2v) is 7.51. The molecule has 0 radical (unpaired) electrons. The van der Waals surface area contributed by atoms with Crippen molar-refractivity contribution in [3.8, 4) is 0 Å². The number of benzene rings is 2. The van der Waals surface area contributed by atoms with Crippen molar-refractivity contribution in [3.05, 3.63) is 98.5 Å². The number of hydrogen-bond donors (Lipinski definition) is 3. The molecule has 0 saturated carbocycles. The largest absolute Gasteiger partial charge is 0.419 e. The van der Waals surface area contributed by atoms with E-state index in [1.807, 2.05) is 30.3 Å². The van der Waals surface area contributed by atoms with Gasteiger partial charge in [-0.05, 0) is 49.6 Å². The van der Waals surface area contributed by atoms with E-state index < -0.39 is 23.2 Å². The molecule has 2 aromatic carbocycles. The number of hydrogen-bond acceptors (Lipinski definition) is 3. The number of carbonyl (C=O) groups is 1. The zero-order chi connectivity index (χ0) is 23.3. The second kappa shape index (κ2) is 9.72. The van der Waals surface area contributed by atoms with E-state index in [2.05, 4.69) is 15.6 Å². The Labute approximate surface area is 183 Å². The van der Waals surface area contributed by atoms with Crippen LogP contribution in [0.25, 0.3) is 0 Å². The van der Waals surface area contributed by atoms with E-state index in [0.717, 1.165) is 11.6 Å². The standard InChI is InChI=1S/C24H24F3N3O2/c1-15-13-16(2)30-23(32)19(15)14-29-22(31)18-9-6-10-20(21(18)24(25,26)27)28-12-11-17-7-4-3-5-8-17/h3-10,13,28H,11-12,14H2,1-2H3,(H,29,31)(H,30,32). The SMILES string of the molecule is Cc1cc(C)c(CNC(=O)c2cccc(NCCc3ccccc3)c2C(F)(F)F)c(=O)[nH]1.